The first-order valence-corrected chi connectivity index (χ1v) is 10.2. The van der Waals surface area contributed by atoms with Crippen LogP contribution in [-0.4, -0.2) is 26.8 Å². The predicted molar refractivity (Wildman–Crippen MR) is 121 cm³/mol. The molecule has 1 amide bonds. The first-order valence-electron chi connectivity index (χ1n) is 10.2. The molecule has 1 heterocycles. The van der Waals surface area contributed by atoms with Crippen LogP contribution < -0.4 is 10.9 Å². The molecular formula is C25H20FN3O4. The molecule has 33 heavy (non-hydrogen) atoms. The lowest BCUT2D eigenvalue weighted by Crippen LogP contribution is -2.30. The number of hydrogen-bond acceptors (Lipinski definition) is 3. The minimum Gasteiger partial charge on any atom is -0.481 e. The lowest BCUT2D eigenvalue weighted by atomic mass is 9.98. The molecule has 1 unspecified atom stereocenters. The average molecular weight is 445 g/mol. The number of aliphatic carboxylic acids is 1. The number of aromatic nitrogens is 2. The van der Waals surface area contributed by atoms with Gasteiger partial charge in [0.25, 0.3) is 11.5 Å². The molecule has 0 aliphatic carbocycles. The average Bonchev–Trinajstić information content (AvgIpc) is 3.21. The van der Waals surface area contributed by atoms with Crippen LogP contribution in [0.15, 0.2) is 89.7 Å². The van der Waals surface area contributed by atoms with Crippen molar-refractivity contribution in [3.05, 3.63) is 112 Å². The molecule has 1 aromatic heterocycles. The van der Waals surface area contributed by atoms with Crippen molar-refractivity contribution in [1.29, 1.82) is 0 Å². The van der Waals surface area contributed by atoms with Gasteiger partial charge >= 0.3 is 5.97 Å². The molecule has 0 bridgehead atoms. The molecule has 0 saturated heterocycles. The van der Waals surface area contributed by atoms with E-state index in [9.17, 15) is 23.9 Å². The number of carbonyl (C=O) groups is 2. The number of H-pyrrole nitrogens is 1. The van der Waals surface area contributed by atoms with Crippen LogP contribution in [0.25, 0.3) is 16.8 Å². The van der Waals surface area contributed by atoms with Crippen molar-refractivity contribution in [2.75, 3.05) is 0 Å². The second-order valence-corrected chi connectivity index (χ2v) is 7.40. The van der Waals surface area contributed by atoms with Gasteiger partial charge < -0.3 is 10.4 Å². The number of hydrogen-bond donors (Lipinski definition) is 3. The first kappa shape index (κ1) is 21.8. The summed E-state index contributed by atoms with van der Waals surface area (Å²) in [6.07, 6.45) is -0.367. The second-order valence-electron chi connectivity index (χ2n) is 7.40. The largest absolute Gasteiger partial charge is 0.481 e. The molecule has 1 atom stereocenters. The van der Waals surface area contributed by atoms with Gasteiger partial charge in [-0.25, -0.2) is 9.07 Å². The van der Waals surface area contributed by atoms with Crippen molar-refractivity contribution in [3.8, 4) is 16.8 Å². The SMILES string of the molecule is O=C(O)CC(NC(=O)c1cc(=O)n(-c2ccccc2)[nH]1)c1ccc(-c2ccccc2F)cc1. The molecule has 7 nitrogen and oxygen atoms in total. The molecule has 0 radical (unpaired) electrons. The third-order valence-electron chi connectivity index (χ3n) is 5.16. The molecule has 3 N–H and O–H groups in total. The van der Waals surface area contributed by atoms with Crippen LogP contribution in [0.3, 0.4) is 0 Å². The van der Waals surface area contributed by atoms with Gasteiger partial charge in [-0.1, -0.05) is 60.7 Å². The van der Waals surface area contributed by atoms with Gasteiger partial charge in [0.15, 0.2) is 0 Å². The van der Waals surface area contributed by atoms with Crippen molar-refractivity contribution in [2.24, 2.45) is 0 Å². The number of amides is 1. The van der Waals surface area contributed by atoms with Gasteiger partial charge in [-0.15, -0.1) is 0 Å². The molecular weight excluding hydrogens is 425 g/mol. The molecule has 166 valence electrons. The first-order chi connectivity index (χ1) is 15.9. The van der Waals surface area contributed by atoms with E-state index in [1.165, 1.54) is 10.7 Å². The smallest absolute Gasteiger partial charge is 0.305 e. The zero-order chi connectivity index (χ0) is 23.4. The number of benzene rings is 3. The minimum atomic E-state index is -1.10. The highest BCUT2D eigenvalue weighted by Crippen LogP contribution is 2.25. The van der Waals surface area contributed by atoms with Crippen LogP contribution >= 0.6 is 0 Å². The number of nitrogens with one attached hydrogen (secondary N) is 2. The Morgan fingerprint density at radius 3 is 2.30 bits per heavy atom. The van der Waals surface area contributed by atoms with Crippen LogP contribution in [0.5, 0.6) is 0 Å². The molecule has 4 rings (SSSR count). The third kappa shape index (κ3) is 4.90. The summed E-state index contributed by atoms with van der Waals surface area (Å²) in [5, 5.41) is 14.7. The monoisotopic (exact) mass is 445 g/mol. The van der Waals surface area contributed by atoms with E-state index in [0.29, 0.717) is 22.4 Å². The Morgan fingerprint density at radius 1 is 0.970 bits per heavy atom. The molecule has 0 saturated carbocycles. The Balaban J connectivity index is 1.57. The lowest BCUT2D eigenvalue weighted by molar-refractivity contribution is -0.137. The number of aromatic amines is 1. The van der Waals surface area contributed by atoms with Gasteiger partial charge in [0, 0.05) is 11.6 Å². The quantitative estimate of drug-likeness (QED) is 0.401. The molecule has 0 aliphatic rings. The molecule has 4 aromatic rings. The van der Waals surface area contributed by atoms with Crippen molar-refractivity contribution in [2.45, 2.75) is 12.5 Å². The number of nitrogens with zero attached hydrogens (tertiary/aromatic N) is 1. The number of carboxylic acids is 1. The van der Waals surface area contributed by atoms with E-state index in [1.807, 2.05) is 0 Å². The summed E-state index contributed by atoms with van der Waals surface area (Å²) < 4.78 is 15.3. The van der Waals surface area contributed by atoms with Crippen molar-refractivity contribution in [3.63, 3.8) is 0 Å². The zero-order valence-electron chi connectivity index (χ0n) is 17.4. The summed E-state index contributed by atoms with van der Waals surface area (Å²) in [6.45, 7) is 0. The number of halogens is 1. The lowest BCUT2D eigenvalue weighted by Gasteiger charge is -2.17. The normalized spacial score (nSPS) is 11.7. The number of carbonyl (C=O) groups excluding carboxylic acids is 1. The van der Waals surface area contributed by atoms with E-state index in [0.717, 1.165) is 6.07 Å². The molecule has 0 fully saturated rings. The topological polar surface area (TPSA) is 104 Å². The molecule has 0 spiro atoms. The maximum Gasteiger partial charge on any atom is 0.305 e. The van der Waals surface area contributed by atoms with Crippen LogP contribution in [0.4, 0.5) is 4.39 Å². The molecule has 8 heteroatoms. The van der Waals surface area contributed by atoms with E-state index in [-0.39, 0.29) is 17.9 Å². The maximum absolute atomic E-state index is 14.1. The summed E-state index contributed by atoms with van der Waals surface area (Å²) in [7, 11) is 0. The Kier molecular flexibility index (Phi) is 6.17. The van der Waals surface area contributed by atoms with Crippen LogP contribution in [-0.2, 0) is 4.79 Å². The fourth-order valence-corrected chi connectivity index (χ4v) is 3.53. The van der Waals surface area contributed by atoms with E-state index >= 15 is 0 Å². The van der Waals surface area contributed by atoms with Crippen molar-refractivity contribution in [1.82, 2.24) is 15.1 Å². The number of rotatable bonds is 7. The van der Waals surface area contributed by atoms with E-state index in [4.69, 9.17) is 0 Å². The Morgan fingerprint density at radius 2 is 1.64 bits per heavy atom. The standard InChI is InChI=1S/C25H20FN3O4/c26-20-9-5-4-8-19(20)16-10-12-17(13-11-16)21(15-24(31)32)27-25(33)22-14-23(30)29(28-22)18-6-2-1-3-7-18/h1-14,21,28H,15H2,(H,27,33)(H,31,32). The Labute approximate surface area is 188 Å². The van der Waals surface area contributed by atoms with Crippen LogP contribution in [0.1, 0.15) is 28.5 Å². The van der Waals surface area contributed by atoms with Gasteiger partial charge in [-0.2, -0.15) is 0 Å². The summed E-state index contributed by atoms with van der Waals surface area (Å²) in [5.41, 5.74) is 1.73. The van der Waals surface area contributed by atoms with E-state index in [2.05, 4.69) is 10.4 Å². The van der Waals surface area contributed by atoms with Gasteiger partial charge in [0.05, 0.1) is 18.2 Å². The number of para-hydroxylation sites is 1. The van der Waals surface area contributed by atoms with Crippen molar-refractivity contribution < 1.29 is 19.1 Å². The predicted octanol–water partition coefficient (Wildman–Crippen LogP) is 3.92. The summed E-state index contributed by atoms with van der Waals surface area (Å²) in [6, 6.07) is 22.0. The zero-order valence-corrected chi connectivity index (χ0v) is 17.4. The van der Waals surface area contributed by atoms with Gasteiger partial charge in [0.2, 0.25) is 0 Å². The number of carboxylic acid groups (broad SMARTS) is 1. The fraction of sp³-hybridized carbons (Fsp3) is 0.0800. The van der Waals surface area contributed by atoms with Crippen LogP contribution in [0.2, 0.25) is 0 Å². The van der Waals surface area contributed by atoms with Gasteiger partial charge in [-0.05, 0) is 29.3 Å². The van der Waals surface area contributed by atoms with Gasteiger partial charge in [-0.3, -0.25) is 19.5 Å². The Hall–Kier alpha value is -4.46. The summed E-state index contributed by atoms with van der Waals surface area (Å²) in [5.74, 6) is -2.09. The highest BCUT2D eigenvalue weighted by molar-refractivity contribution is 5.92. The Bertz CT molecular complexity index is 1340. The molecule has 0 aliphatic heterocycles. The van der Waals surface area contributed by atoms with Gasteiger partial charge in [0.1, 0.15) is 11.5 Å². The summed E-state index contributed by atoms with van der Waals surface area (Å²) in [4.78, 5) is 36.5. The van der Waals surface area contributed by atoms with Crippen molar-refractivity contribution >= 4 is 11.9 Å². The highest BCUT2D eigenvalue weighted by Gasteiger charge is 2.21. The summed E-state index contributed by atoms with van der Waals surface area (Å²) >= 11 is 0. The molecule has 3 aromatic carbocycles. The van der Waals surface area contributed by atoms with Crippen LogP contribution in [0, 0.1) is 5.82 Å². The maximum atomic E-state index is 14.1. The fourth-order valence-electron chi connectivity index (χ4n) is 3.53. The third-order valence-corrected chi connectivity index (χ3v) is 5.16. The minimum absolute atomic E-state index is 0.00205. The second kappa shape index (κ2) is 9.35. The van der Waals surface area contributed by atoms with E-state index < -0.39 is 23.5 Å². The van der Waals surface area contributed by atoms with E-state index in [1.54, 1.807) is 72.8 Å². The highest BCUT2D eigenvalue weighted by atomic mass is 19.1.